The molecule has 0 radical (unpaired) electrons. The van der Waals surface area contributed by atoms with Crippen LogP contribution in [0.1, 0.15) is 19.8 Å². The quantitative estimate of drug-likeness (QED) is 0.737. The van der Waals surface area contributed by atoms with Crippen molar-refractivity contribution in [3.63, 3.8) is 0 Å². The monoisotopic (exact) mass is 395 g/mol. The Hall–Kier alpha value is -1.64. The first-order chi connectivity index (χ1) is 11.4. The standard InChI is InChI=1S/C16H22BrN5O2/c1-16(18)4-3-5-22(9-16)14-10(17)6-19-15-13(14)11(7-20-15)21-12(23)8-24-2/h6-7H,3-5,8-9,18H2,1-2H3,(H,19,20)(H,21,23). The number of rotatable bonds is 4. The number of aromatic amines is 1. The molecule has 1 saturated heterocycles. The summed E-state index contributed by atoms with van der Waals surface area (Å²) in [7, 11) is 1.49. The smallest absolute Gasteiger partial charge is 0.250 e. The number of carbonyl (C=O) groups is 1. The van der Waals surface area contributed by atoms with Crippen molar-refractivity contribution in [3.05, 3.63) is 16.9 Å². The van der Waals surface area contributed by atoms with E-state index in [0.717, 1.165) is 47.1 Å². The van der Waals surface area contributed by atoms with Gasteiger partial charge < -0.3 is 25.7 Å². The molecule has 1 atom stereocenters. The summed E-state index contributed by atoms with van der Waals surface area (Å²) < 4.78 is 5.77. The Bertz CT molecular complexity index is 758. The summed E-state index contributed by atoms with van der Waals surface area (Å²) in [5.41, 5.74) is 8.56. The van der Waals surface area contributed by atoms with Crippen LogP contribution in [0.2, 0.25) is 0 Å². The molecule has 0 aliphatic carbocycles. The molecule has 2 aromatic rings. The van der Waals surface area contributed by atoms with Gasteiger partial charge in [0.25, 0.3) is 0 Å². The Labute approximate surface area is 149 Å². The van der Waals surface area contributed by atoms with E-state index in [0.29, 0.717) is 5.69 Å². The van der Waals surface area contributed by atoms with Crippen LogP contribution in [-0.4, -0.2) is 48.2 Å². The number of nitrogens with zero attached hydrogens (tertiary/aromatic N) is 2. The van der Waals surface area contributed by atoms with E-state index in [9.17, 15) is 4.79 Å². The molecule has 0 aromatic carbocycles. The summed E-state index contributed by atoms with van der Waals surface area (Å²) in [6, 6.07) is 0. The summed E-state index contributed by atoms with van der Waals surface area (Å²) in [6.07, 6.45) is 5.56. The molecule has 8 heteroatoms. The van der Waals surface area contributed by atoms with Crippen molar-refractivity contribution in [3.8, 4) is 0 Å². The lowest BCUT2D eigenvalue weighted by Crippen LogP contribution is -2.52. The number of methoxy groups -OCH3 is 1. The maximum Gasteiger partial charge on any atom is 0.250 e. The largest absolute Gasteiger partial charge is 0.375 e. The molecule has 0 bridgehead atoms. The first-order valence-corrected chi connectivity index (χ1v) is 8.69. The van der Waals surface area contributed by atoms with Crippen LogP contribution in [0.15, 0.2) is 16.9 Å². The molecular weight excluding hydrogens is 374 g/mol. The van der Waals surface area contributed by atoms with E-state index >= 15 is 0 Å². The van der Waals surface area contributed by atoms with Crippen molar-refractivity contribution in [2.24, 2.45) is 5.73 Å². The van der Waals surface area contributed by atoms with Crippen molar-refractivity contribution < 1.29 is 9.53 Å². The summed E-state index contributed by atoms with van der Waals surface area (Å²) in [6.45, 7) is 3.75. The maximum absolute atomic E-state index is 11.9. The van der Waals surface area contributed by atoms with Crippen LogP contribution in [0.25, 0.3) is 11.0 Å². The van der Waals surface area contributed by atoms with Gasteiger partial charge in [-0.3, -0.25) is 4.79 Å². The minimum Gasteiger partial charge on any atom is -0.375 e. The van der Waals surface area contributed by atoms with Gasteiger partial charge in [0, 0.05) is 38.1 Å². The summed E-state index contributed by atoms with van der Waals surface area (Å²) in [5, 5.41) is 3.76. The summed E-state index contributed by atoms with van der Waals surface area (Å²) in [4.78, 5) is 21.7. The highest BCUT2D eigenvalue weighted by atomic mass is 79.9. The number of aromatic nitrogens is 2. The predicted octanol–water partition coefficient (Wildman–Crippen LogP) is 2.23. The van der Waals surface area contributed by atoms with E-state index in [2.05, 4.69) is 43.0 Å². The fourth-order valence-corrected chi connectivity index (χ4v) is 3.79. The molecule has 1 amide bonds. The van der Waals surface area contributed by atoms with E-state index < -0.39 is 0 Å². The van der Waals surface area contributed by atoms with E-state index in [4.69, 9.17) is 10.5 Å². The molecule has 3 heterocycles. The minimum absolute atomic E-state index is 0.00796. The average molecular weight is 396 g/mol. The van der Waals surface area contributed by atoms with Crippen molar-refractivity contribution in [2.75, 3.05) is 37.0 Å². The molecule has 7 nitrogen and oxygen atoms in total. The van der Waals surface area contributed by atoms with Crippen molar-refractivity contribution in [1.82, 2.24) is 9.97 Å². The van der Waals surface area contributed by atoms with Crippen LogP contribution in [0, 0.1) is 0 Å². The lowest BCUT2D eigenvalue weighted by atomic mass is 9.92. The Morgan fingerprint density at radius 2 is 2.42 bits per heavy atom. The molecular formula is C16H22BrN5O2. The number of nitrogens with two attached hydrogens (primary N) is 1. The van der Waals surface area contributed by atoms with Gasteiger partial charge in [-0.1, -0.05) is 0 Å². The number of carbonyl (C=O) groups excluding carboxylic acids is 1. The highest BCUT2D eigenvalue weighted by Gasteiger charge is 2.30. The minimum atomic E-state index is -0.233. The first-order valence-electron chi connectivity index (χ1n) is 7.89. The molecule has 24 heavy (non-hydrogen) atoms. The number of hydrogen-bond acceptors (Lipinski definition) is 5. The predicted molar refractivity (Wildman–Crippen MR) is 98.3 cm³/mol. The van der Waals surface area contributed by atoms with E-state index in [1.165, 1.54) is 7.11 Å². The SMILES string of the molecule is COCC(=O)Nc1c[nH]c2ncc(Br)c(N3CCCC(C)(N)C3)c12. The van der Waals surface area contributed by atoms with Gasteiger partial charge in [-0.05, 0) is 35.7 Å². The highest BCUT2D eigenvalue weighted by Crippen LogP contribution is 2.39. The van der Waals surface area contributed by atoms with Crippen LogP contribution >= 0.6 is 15.9 Å². The number of anilines is 2. The average Bonchev–Trinajstić information content (AvgIpc) is 2.89. The highest BCUT2D eigenvalue weighted by molar-refractivity contribution is 9.10. The van der Waals surface area contributed by atoms with Gasteiger partial charge >= 0.3 is 0 Å². The number of H-pyrrole nitrogens is 1. The number of amides is 1. The summed E-state index contributed by atoms with van der Waals surface area (Å²) in [5.74, 6) is -0.202. The van der Waals surface area contributed by atoms with E-state index in [-0.39, 0.29) is 18.1 Å². The van der Waals surface area contributed by atoms with Gasteiger partial charge in [0.05, 0.1) is 21.2 Å². The number of nitrogens with one attached hydrogen (secondary N) is 2. The zero-order valence-electron chi connectivity index (χ0n) is 13.9. The molecule has 1 aliphatic heterocycles. The fourth-order valence-electron chi connectivity index (χ4n) is 3.24. The van der Waals surface area contributed by atoms with Gasteiger partial charge in [-0.25, -0.2) is 4.98 Å². The lowest BCUT2D eigenvalue weighted by molar-refractivity contribution is -0.119. The Balaban J connectivity index is 2.04. The molecule has 4 N–H and O–H groups in total. The van der Waals surface area contributed by atoms with Crippen LogP contribution in [0.4, 0.5) is 11.4 Å². The summed E-state index contributed by atoms with van der Waals surface area (Å²) >= 11 is 3.61. The second-order valence-electron chi connectivity index (χ2n) is 6.54. The van der Waals surface area contributed by atoms with E-state index in [1.54, 1.807) is 12.4 Å². The molecule has 1 fully saturated rings. The Morgan fingerprint density at radius 3 is 3.12 bits per heavy atom. The molecule has 0 spiro atoms. The second-order valence-corrected chi connectivity index (χ2v) is 7.40. The third kappa shape index (κ3) is 3.40. The molecule has 2 aromatic heterocycles. The number of pyridine rings is 1. The Kier molecular flexibility index (Phi) is 4.80. The lowest BCUT2D eigenvalue weighted by Gasteiger charge is -2.39. The zero-order valence-corrected chi connectivity index (χ0v) is 15.4. The zero-order chi connectivity index (χ0) is 17.3. The van der Waals surface area contributed by atoms with Gasteiger partial charge in [0.1, 0.15) is 12.3 Å². The molecule has 1 aliphatic rings. The van der Waals surface area contributed by atoms with Crippen LogP contribution in [0.5, 0.6) is 0 Å². The van der Waals surface area contributed by atoms with Gasteiger partial charge in [-0.15, -0.1) is 0 Å². The van der Waals surface area contributed by atoms with Gasteiger partial charge in [-0.2, -0.15) is 0 Å². The number of hydrogen-bond donors (Lipinski definition) is 3. The third-order valence-corrected chi connectivity index (χ3v) is 4.80. The van der Waals surface area contributed by atoms with E-state index in [1.807, 2.05) is 0 Å². The number of fused-ring (bicyclic) bond motifs is 1. The number of ether oxygens (including phenoxy) is 1. The molecule has 130 valence electrons. The van der Waals surface area contributed by atoms with Crippen LogP contribution in [-0.2, 0) is 9.53 Å². The molecule has 3 rings (SSSR count). The van der Waals surface area contributed by atoms with Crippen LogP contribution < -0.4 is 16.0 Å². The maximum atomic E-state index is 11.9. The fraction of sp³-hybridized carbons (Fsp3) is 0.500. The van der Waals surface area contributed by atoms with Crippen LogP contribution in [0.3, 0.4) is 0 Å². The Morgan fingerprint density at radius 1 is 1.62 bits per heavy atom. The normalized spacial score (nSPS) is 21.2. The van der Waals surface area contributed by atoms with Crippen molar-refractivity contribution in [1.29, 1.82) is 0 Å². The molecule has 0 saturated carbocycles. The molecule has 1 unspecified atom stereocenters. The first kappa shape index (κ1) is 17.2. The van der Waals surface area contributed by atoms with Crippen molar-refractivity contribution >= 4 is 44.2 Å². The second kappa shape index (κ2) is 6.70. The number of piperidine rings is 1. The third-order valence-electron chi connectivity index (χ3n) is 4.22. The van der Waals surface area contributed by atoms with Gasteiger partial charge in [0.2, 0.25) is 5.91 Å². The van der Waals surface area contributed by atoms with Crippen molar-refractivity contribution in [2.45, 2.75) is 25.3 Å². The number of halogens is 1. The topological polar surface area (TPSA) is 96.3 Å². The van der Waals surface area contributed by atoms with Gasteiger partial charge in [0.15, 0.2) is 0 Å².